The zero-order valence-electron chi connectivity index (χ0n) is 11.1. The second-order valence-electron chi connectivity index (χ2n) is 4.19. The van der Waals surface area contributed by atoms with Crippen LogP contribution in [0.3, 0.4) is 0 Å². The Balaban J connectivity index is 1.82. The fourth-order valence-corrected chi connectivity index (χ4v) is 3.27. The van der Waals surface area contributed by atoms with Crippen molar-refractivity contribution < 1.29 is 14.6 Å². The molecule has 1 aromatic carbocycles. The lowest BCUT2D eigenvalue weighted by Crippen LogP contribution is -2.12. The van der Waals surface area contributed by atoms with Gasteiger partial charge in [0.2, 0.25) is 0 Å². The van der Waals surface area contributed by atoms with Crippen LogP contribution < -0.4 is 10.1 Å². The van der Waals surface area contributed by atoms with Crippen molar-refractivity contribution in [2.45, 2.75) is 6.42 Å². The SMILES string of the molecule is O=C(O)Cc1csc(NCCOc2c(Cl)cc(Cl)cc2Cl)n1. The van der Waals surface area contributed by atoms with Crippen molar-refractivity contribution in [1.29, 1.82) is 0 Å². The number of hydrogen-bond acceptors (Lipinski definition) is 5. The average Bonchev–Trinajstić information content (AvgIpc) is 2.83. The van der Waals surface area contributed by atoms with Crippen LogP contribution in [0.15, 0.2) is 17.5 Å². The first-order valence-electron chi connectivity index (χ1n) is 6.13. The number of benzene rings is 1. The number of hydrogen-bond donors (Lipinski definition) is 2. The molecule has 0 radical (unpaired) electrons. The highest BCUT2D eigenvalue weighted by molar-refractivity contribution is 7.13. The highest BCUT2D eigenvalue weighted by atomic mass is 35.5. The van der Waals surface area contributed by atoms with Gasteiger partial charge in [-0.3, -0.25) is 4.79 Å². The van der Waals surface area contributed by atoms with E-state index in [0.717, 1.165) is 0 Å². The van der Waals surface area contributed by atoms with Crippen LogP contribution in [0.2, 0.25) is 15.1 Å². The van der Waals surface area contributed by atoms with Gasteiger partial charge >= 0.3 is 5.97 Å². The number of carboxylic acid groups (broad SMARTS) is 1. The molecule has 0 spiro atoms. The Morgan fingerprint density at radius 2 is 2.00 bits per heavy atom. The monoisotopic (exact) mass is 380 g/mol. The summed E-state index contributed by atoms with van der Waals surface area (Å²) in [4.78, 5) is 14.7. The minimum absolute atomic E-state index is 0.0926. The fourth-order valence-electron chi connectivity index (χ4n) is 1.60. The highest BCUT2D eigenvalue weighted by Crippen LogP contribution is 2.35. The summed E-state index contributed by atoms with van der Waals surface area (Å²) in [7, 11) is 0. The number of halogens is 3. The van der Waals surface area contributed by atoms with Crippen molar-refractivity contribution in [3.05, 3.63) is 38.3 Å². The van der Waals surface area contributed by atoms with Gasteiger partial charge in [-0.25, -0.2) is 4.98 Å². The molecular formula is C13H11Cl3N2O3S. The molecule has 0 saturated heterocycles. The molecule has 1 heterocycles. The maximum atomic E-state index is 10.6. The van der Waals surface area contributed by atoms with Crippen LogP contribution in [0.25, 0.3) is 0 Å². The second-order valence-corrected chi connectivity index (χ2v) is 6.30. The Morgan fingerprint density at radius 1 is 1.32 bits per heavy atom. The minimum Gasteiger partial charge on any atom is -0.489 e. The molecule has 0 aliphatic heterocycles. The molecule has 0 unspecified atom stereocenters. The third-order valence-corrected chi connectivity index (χ3v) is 4.10. The summed E-state index contributed by atoms with van der Waals surface area (Å²) in [5.74, 6) is -0.535. The fraction of sp³-hybridized carbons (Fsp3) is 0.231. The Hall–Kier alpha value is -1.21. The van der Waals surface area contributed by atoms with E-state index >= 15 is 0 Å². The number of nitrogens with one attached hydrogen (secondary N) is 1. The molecule has 1 aromatic heterocycles. The molecule has 0 aliphatic rings. The Kier molecular flexibility index (Phi) is 6.14. The van der Waals surface area contributed by atoms with E-state index in [1.54, 1.807) is 17.5 Å². The molecule has 0 fully saturated rings. The van der Waals surface area contributed by atoms with Gasteiger partial charge in [0.1, 0.15) is 6.61 Å². The molecule has 0 bridgehead atoms. The number of nitrogens with zero attached hydrogens (tertiary/aromatic N) is 1. The number of aliphatic carboxylic acids is 1. The topological polar surface area (TPSA) is 71.5 Å². The lowest BCUT2D eigenvalue weighted by Gasteiger charge is -2.10. The van der Waals surface area contributed by atoms with E-state index < -0.39 is 5.97 Å². The van der Waals surface area contributed by atoms with Gasteiger partial charge < -0.3 is 15.2 Å². The second kappa shape index (κ2) is 7.87. The van der Waals surface area contributed by atoms with Crippen LogP contribution in [0.4, 0.5) is 5.13 Å². The molecule has 9 heteroatoms. The van der Waals surface area contributed by atoms with Crippen LogP contribution in [-0.4, -0.2) is 29.2 Å². The van der Waals surface area contributed by atoms with E-state index in [0.29, 0.717) is 44.8 Å². The number of aromatic nitrogens is 1. The van der Waals surface area contributed by atoms with Crippen LogP contribution in [-0.2, 0) is 11.2 Å². The summed E-state index contributed by atoms with van der Waals surface area (Å²) in [5.41, 5.74) is 0.518. The van der Waals surface area contributed by atoms with Gasteiger partial charge in [-0.15, -0.1) is 11.3 Å². The Morgan fingerprint density at radius 3 is 2.64 bits per heavy atom. The lowest BCUT2D eigenvalue weighted by atomic mass is 10.3. The van der Waals surface area contributed by atoms with Crippen LogP contribution in [0.5, 0.6) is 5.75 Å². The number of ether oxygens (including phenoxy) is 1. The maximum absolute atomic E-state index is 10.6. The molecule has 22 heavy (non-hydrogen) atoms. The van der Waals surface area contributed by atoms with Crippen molar-refractivity contribution in [2.24, 2.45) is 0 Å². The van der Waals surface area contributed by atoms with Crippen molar-refractivity contribution in [3.63, 3.8) is 0 Å². The van der Waals surface area contributed by atoms with Crippen molar-refractivity contribution >= 4 is 57.2 Å². The van der Waals surface area contributed by atoms with E-state index in [1.807, 2.05) is 0 Å². The molecule has 0 amide bonds. The molecule has 5 nitrogen and oxygen atoms in total. The van der Waals surface area contributed by atoms with Gasteiger partial charge in [-0.2, -0.15) is 0 Å². The summed E-state index contributed by atoms with van der Waals surface area (Å²) < 4.78 is 5.51. The van der Waals surface area contributed by atoms with Crippen molar-refractivity contribution in [1.82, 2.24) is 4.98 Å². The number of anilines is 1. The highest BCUT2D eigenvalue weighted by Gasteiger charge is 2.09. The van der Waals surface area contributed by atoms with Gasteiger partial charge in [0.25, 0.3) is 0 Å². The van der Waals surface area contributed by atoms with Crippen molar-refractivity contribution in [2.75, 3.05) is 18.5 Å². The Labute approximate surface area is 145 Å². The smallest absolute Gasteiger partial charge is 0.309 e. The maximum Gasteiger partial charge on any atom is 0.309 e. The zero-order chi connectivity index (χ0) is 16.1. The summed E-state index contributed by atoms with van der Waals surface area (Å²) in [5, 5.41) is 15.2. The van der Waals surface area contributed by atoms with Crippen LogP contribution in [0, 0.1) is 0 Å². The number of rotatable bonds is 7. The molecule has 118 valence electrons. The van der Waals surface area contributed by atoms with E-state index in [-0.39, 0.29) is 6.42 Å². The third-order valence-electron chi connectivity index (χ3n) is 2.47. The van der Waals surface area contributed by atoms with E-state index in [4.69, 9.17) is 44.6 Å². The molecule has 0 saturated carbocycles. The molecule has 0 atom stereocenters. The number of thiazole rings is 1. The van der Waals surface area contributed by atoms with Crippen LogP contribution >= 0.6 is 46.1 Å². The molecule has 2 rings (SSSR count). The van der Waals surface area contributed by atoms with Crippen LogP contribution in [0.1, 0.15) is 5.69 Å². The lowest BCUT2D eigenvalue weighted by molar-refractivity contribution is -0.136. The molecule has 2 N–H and O–H groups in total. The molecule has 2 aromatic rings. The first-order chi connectivity index (χ1) is 10.5. The van der Waals surface area contributed by atoms with Gasteiger partial charge in [0.15, 0.2) is 10.9 Å². The number of carboxylic acids is 1. The Bertz CT molecular complexity index is 655. The zero-order valence-corrected chi connectivity index (χ0v) is 14.2. The van der Waals surface area contributed by atoms with Gasteiger partial charge in [-0.1, -0.05) is 34.8 Å². The van der Waals surface area contributed by atoms with Gasteiger partial charge in [-0.05, 0) is 12.1 Å². The van der Waals surface area contributed by atoms with E-state index in [1.165, 1.54) is 11.3 Å². The first kappa shape index (κ1) is 17.1. The quantitative estimate of drug-likeness (QED) is 0.703. The van der Waals surface area contributed by atoms with Gasteiger partial charge in [0, 0.05) is 10.4 Å². The van der Waals surface area contributed by atoms with E-state index in [9.17, 15) is 4.79 Å². The number of carbonyl (C=O) groups is 1. The predicted molar refractivity (Wildman–Crippen MR) is 88.9 cm³/mol. The molecule has 0 aliphatic carbocycles. The summed E-state index contributed by atoms with van der Waals surface area (Å²) in [6, 6.07) is 3.10. The molecular weight excluding hydrogens is 371 g/mol. The first-order valence-corrected chi connectivity index (χ1v) is 8.14. The van der Waals surface area contributed by atoms with Crippen molar-refractivity contribution in [3.8, 4) is 5.75 Å². The minimum atomic E-state index is -0.910. The average molecular weight is 382 g/mol. The van der Waals surface area contributed by atoms with Gasteiger partial charge in [0.05, 0.1) is 28.7 Å². The normalized spacial score (nSPS) is 10.5. The largest absolute Gasteiger partial charge is 0.489 e. The predicted octanol–water partition coefficient (Wildman–Crippen LogP) is 4.22. The third kappa shape index (κ3) is 4.91. The van der Waals surface area contributed by atoms with E-state index in [2.05, 4.69) is 10.3 Å². The summed E-state index contributed by atoms with van der Waals surface area (Å²) in [6.45, 7) is 0.782. The summed E-state index contributed by atoms with van der Waals surface area (Å²) in [6.07, 6.45) is -0.0926. The standard InChI is InChI=1S/C13H11Cl3N2O3S/c14-7-3-9(15)12(10(16)4-7)21-2-1-17-13-18-8(6-22-13)5-11(19)20/h3-4,6H,1-2,5H2,(H,17,18)(H,19,20). The summed E-state index contributed by atoms with van der Waals surface area (Å²) >= 11 is 19.2.